The molecule has 1 aliphatic rings. The Bertz CT molecular complexity index is 1400. The molecule has 1 heterocycles. The monoisotopic (exact) mass is 390 g/mol. The molecule has 0 fully saturated rings. The van der Waals surface area contributed by atoms with Crippen LogP contribution in [0.2, 0.25) is 0 Å². The van der Waals surface area contributed by atoms with E-state index >= 15 is 0 Å². The van der Waals surface area contributed by atoms with E-state index in [1.165, 1.54) is 43.4 Å². The van der Waals surface area contributed by atoms with E-state index in [9.17, 15) is 0 Å². The van der Waals surface area contributed by atoms with Gasteiger partial charge in [0.25, 0.3) is 0 Å². The zero-order valence-electron chi connectivity index (χ0n) is 18.0. The molecule has 1 heteroatoms. The summed E-state index contributed by atoms with van der Waals surface area (Å²) in [7, 11) is 0. The number of ether oxygens (including phenoxy) is 1. The van der Waals surface area contributed by atoms with Gasteiger partial charge in [-0.2, -0.15) is 0 Å². The normalized spacial score (nSPS) is 15.1. The fourth-order valence-electron chi connectivity index (χ4n) is 6.27. The van der Waals surface area contributed by atoms with Crippen LogP contribution in [0.25, 0.3) is 32.3 Å². The molecule has 1 aliphatic heterocycles. The van der Waals surface area contributed by atoms with Crippen LogP contribution in [0.3, 0.4) is 0 Å². The van der Waals surface area contributed by atoms with E-state index in [0.717, 1.165) is 11.5 Å². The van der Waals surface area contributed by atoms with Crippen LogP contribution >= 0.6 is 0 Å². The third kappa shape index (κ3) is 2.03. The highest BCUT2D eigenvalue weighted by Gasteiger charge is 2.47. The van der Waals surface area contributed by atoms with Crippen molar-refractivity contribution in [2.45, 2.75) is 33.1 Å². The van der Waals surface area contributed by atoms with Gasteiger partial charge in [-0.25, -0.2) is 0 Å². The fourth-order valence-corrected chi connectivity index (χ4v) is 6.27. The first-order valence-corrected chi connectivity index (χ1v) is 11.0. The molecule has 5 aromatic carbocycles. The molecule has 0 saturated carbocycles. The summed E-state index contributed by atoms with van der Waals surface area (Å²) in [6, 6.07) is 26.7. The third-order valence-corrected chi connectivity index (χ3v) is 7.41. The summed E-state index contributed by atoms with van der Waals surface area (Å²) in [4.78, 5) is 0. The molecule has 1 nitrogen and oxygen atoms in total. The van der Waals surface area contributed by atoms with Gasteiger partial charge in [0.2, 0.25) is 0 Å². The number of para-hydroxylation sites is 1. The Kier molecular flexibility index (Phi) is 3.54. The van der Waals surface area contributed by atoms with E-state index in [-0.39, 0.29) is 5.41 Å². The highest BCUT2D eigenvalue weighted by molar-refractivity contribution is 6.24. The molecular weight excluding hydrogens is 364 g/mol. The molecule has 0 amide bonds. The van der Waals surface area contributed by atoms with Gasteiger partial charge in [-0.05, 0) is 51.6 Å². The first kappa shape index (κ1) is 17.8. The maximum absolute atomic E-state index is 6.69. The smallest absolute Gasteiger partial charge is 0.139 e. The van der Waals surface area contributed by atoms with Crippen LogP contribution in [-0.2, 0) is 5.41 Å². The molecule has 0 saturated heterocycles. The number of hydrogen-bond acceptors (Lipinski definition) is 1. The highest BCUT2D eigenvalue weighted by Crippen LogP contribution is 2.58. The van der Waals surface area contributed by atoms with Crippen molar-refractivity contribution in [1.29, 1.82) is 0 Å². The zero-order chi connectivity index (χ0) is 20.6. The molecule has 0 aromatic heterocycles. The topological polar surface area (TPSA) is 9.23 Å². The van der Waals surface area contributed by atoms with Gasteiger partial charge in [0.15, 0.2) is 0 Å². The number of rotatable bonds is 2. The third-order valence-electron chi connectivity index (χ3n) is 7.41. The van der Waals surface area contributed by atoms with Crippen molar-refractivity contribution in [3.8, 4) is 11.5 Å². The maximum Gasteiger partial charge on any atom is 0.139 e. The molecule has 0 spiro atoms. The Labute approximate surface area is 177 Å². The lowest BCUT2D eigenvalue weighted by Crippen LogP contribution is -2.41. The van der Waals surface area contributed by atoms with E-state index in [1.807, 2.05) is 0 Å². The molecule has 0 aliphatic carbocycles. The highest BCUT2D eigenvalue weighted by atomic mass is 16.5. The van der Waals surface area contributed by atoms with E-state index in [2.05, 4.69) is 100 Å². The Hall–Kier alpha value is -3.06. The van der Waals surface area contributed by atoms with Gasteiger partial charge in [0.05, 0.1) is 0 Å². The standard InChI is InChI=1S/C29H26O/c1-17(2)29(18(3)4)23-10-5-6-11-25(23)30-28-22-15-14-20-9-7-8-19-12-13-21(16-24(28)29)27(22)26(19)20/h5-18H,1-4H3. The summed E-state index contributed by atoms with van der Waals surface area (Å²) < 4.78 is 6.69. The summed E-state index contributed by atoms with van der Waals surface area (Å²) >= 11 is 0. The van der Waals surface area contributed by atoms with Crippen LogP contribution in [0.4, 0.5) is 0 Å². The number of benzene rings is 5. The number of hydrogen-bond donors (Lipinski definition) is 0. The molecule has 0 atom stereocenters. The predicted molar refractivity (Wildman–Crippen MR) is 127 cm³/mol. The van der Waals surface area contributed by atoms with Crippen molar-refractivity contribution in [1.82, 2.24) is 0 Å². The lowest BCUT2D eigenvalue weighted by atomic mass is 9.59. The number of fused-ring (bicyclic) bond motifs is 3. The molecule has 5 aromatic rings. The van der Waals surface area contributed by atoms with Crippen molar-refractivity contribution in [2.24, 2.45) is 11.8 Å². The van der Waals surface area contributed by atoms with Gasteiger partial charge >= 0.3 is 0 Å². The van der Waals surface area contributed by atoms with Gasteiger partial charge < -0.3 is 4.74 Å². The largest absolute Gasteiger partial charge is 0.456 e. The molecule has 0 unspecified atom stereocenters. The van der Waals surface area contributed by atoms with Gasteiger partial charge in [0, 0.05) is 27.3 Å². The molecule has 6 rings (SSSR count). The van der Waals surface area contributed by atoms with Crippen LogP contribution in [0.5, 0.6) is 11.5 Å². The van der Waals surface area contributed by atoms with E-state index in [0.29, 0.717) is 11.8 Å². The Morgan fingerprint density at radius 2 is 1.30 bits per heavy atom. The van der Waals surface area contributed by atoms with Crippen LogP contribution in [0.1, 0.15) is 38.8 Å². The summed E-state index contributed by atoms with van der Waals surface area (Å²) in [6.07, 6.45) is 0. The van der Waals surface area contributed by atoms with E-state index < -0.39 is 0 Å². The fraction of sp³-hybridized carbons (Fsp3) is 0.241. The summed E-state index contributed by atoms with van der Waals surface area (Å²) in [5.41, 5.74) is 2.56. The minimum atomic E-state index is -0.0887. The van der Waals surface area contributed by atoms with Crippen molar-refractivity contribution in [3.63, 3.8) is 0 Å². The molecule has 0 bridgehead atoms. The van der Waals surface area contributed by atoms with Gasteiger partial charge in [-0.15, -0.1) is 0 Å². The van der Waals surface area contributed by atoms with Gasteiger partial charge in [0.1, 0.15) is 11.5 Å². The van der Waals surface area contributed by atoms with Crippen LogP contribution in [0.15, 0.2) is 72.8 Å². The average Bonchev–Trinajstić information content (AvgIpc) is 2.75. The second-order valence-corrected chi connectivity index (χ2v) is 9.39. The second kappa shape index (κ2) is 5.98. The molecular formula is C29H26O. The Morgan fingerprint density at radius 3 is 2.03 bits per heavy atom. The zero-order valence-corrected chi connectivity index (χ0v) is 18.0. The van der Waals surface area contributed by atoms with Crippen LogP contribution < -0.4 is 4.74 Å². The first-order valence-electron chi connectivity index (χ1n) is 11.0. The maximum atomic E-state index is 6.69. The van der Waals surface area contributed by atoms with Crippen molar-refractivity contribution in [2.75, 3.05) is 0 Å². The van der Waals surface area contributed by atoms with Crippen molar-refractivity contribution in [3.05, 3.63) is 83.9 Å². The minimum Gasteiger partial charge on any atom is -0.456 e. The quantitative estimate of drug-likeness (QED) is 0.275. The predicted octanol–water partition coefficient (Wildman–Crippen LogP) is 8.29. The van der Waals surface area contributed by atoms with Crippen LogP contribution in [-0.4, -0.2) is 0 Å². The Morgan fingerprint density at radius 1 is 0.633 bits per heavy atom. The minimum absolute atomic E-state index is 0.0887. The lowest BCUT2D eigenvalue weighted by molar-refractivity contribution is 0.245. The van der Waals surface area contributed by atoms with E-state index in [1.54, 1.807) is 0 Å². The SMILES string of the molecule is CC(C)C1(C(C)C)c2ccccc2Oc2c1cc1ccc3cccc4ccc2c1c34. The lowest BCUT2D eigenvalue weighted by Gasteiger charge is -2.47. The van der Waals surface area contributed by atoms with Gasteiger partial charge in [-0.1, -0.05) is 82.3 Å². The average molecular weight is 391 g/mol. The van der Waals surface area contributed by atoms with Crippen molar-refractivity contribution < 1.29 is 4.74 Å². The molecule has 30 heavy (non-hydrogen) atoms. The van der Waals surface area contributed by atoms with Crippen LogP contribution in [0, 0.1) is 11.8 Å². The molecule has 0 radical (unpaired) electrons. The molecule has 148 valence electrons. The summed E-state index contributed by atoms with van der Waals surface area (Å²) in [5.74, 6) is 2.92. The summed E-state index contributed by atoms with van der Waals surface area (Å²) in [5, 5.41) is 7.79. The Balaban J connectivity index is 1.83. The summed E-state index contributed by atoms with van der Waals surface area (Å²) in [6.45, 7) is 9.43. The molecule has 0 N–H and O–H groups in total. The second-order valence-electron chi connectivity index (χ2n) is 9.39. The van der Waals surface area contributed by atoms with E-state index in [4.69, 9.17) is 4.74 Å². The van der Waals surface area contributed by atoms with Gasteiger partial charge in [-0.3, -0.25) is 0 Å². The van der Waals surface area contributed by atoms with Crippen molar-refractivity contribution >= 4 is 32.3 Å². The first-order chi connectivity index (χ1) is 14.5.